The van der Waals surface area contributed by atoms with Crippen molar-refractivity contribution in [3.05, 3.63) is 52.5 Å². The van der Waals surface area contributed by atoms with E-state index in [9.17, 15) is 18.0 Å². The van der Waals surface area contributed by atoms with E-state index in [1.54, 1.807) is 49.1 Å². The number of halogens is 1. The maximum atomic E-state index is 13.3. The monoisotopic (exact) mass is 463 g/mol. The summed E-state index contributed by atoms with van der Waals surface area (Å²) in [5.41, 5.74) is 1.44. The normalized spacial score (nSPS) is 19.4. The molecule has 1 saturated heterocycles. The molecule has 4 rings (SSSR count). The van der Waals surface area contributed by atoms with Gasteiger partial charge in [0.2, 0.25) is 10.0 Å². The van der Waals surface area contributed by atoms with E-state index in [2.05, 4.69) is 5.32 Å². The summed E-state index contributed by atoms with van der Waals surface area (Å²) in [4.78, 5) is 26.3. The Balaban J connectivity index is 1.51. The van der Waals surface area contributed by atoms with Gasteiger partial charge in [0.15, 0.2) is 6.10 Å². The van der Waals surface area contributed by atoms with Crippen molar-refractivity contribution in [3.63, 3.8) is 0 Å². The fourth-order valence-corrected chi connectivity index (χ4v) is 5.53. The number of amides is 2. The van der Waals surface area contributed by atoms with Gasteiger partial charge < -0.3 is 15.0 Å². The number of hydrogen-bond acceptors (Lipinski definition) is 5. The van der Waals surface area contributed by atoms with Gasteiger partial charge in [-0.15, -0.1) is 0 Å². The summed E-state index contributed by atoms with van der Waals surface area (Å²) in [5.74, 6) is -0.128. The molecule has 2 aliphatic heterocycles. The van der Waals surface area contributed by atoms with Crippen LogP contribution in [0, 0.1) is 6.92 Å². The van der Waals surface area contributed by atoms with Gasteiger partial charge in [-0.1, -0.05) is 17.7 Å². The molecular weight excluding hydrogens is 442 g/mol. The SMILES string of the molecule is Cc1cc2c(cc1S(=O)(=O)N1CCN(C(=O)c3cccc(Cl)c3)CC1)O[C@@H](C)C(=O)N2. The summed E-state index contributed by atoms with van der Waals surface area (Å²) >= 11 is 5.97. The van der Waals surface area contributed by atoms with Crippen molar-refractivity contribution in [3.8, 4) is 5.75 Å². The summed E-state index contributed by atoms with van der Waals surface area (Å²) in [6, 6.07) is 9.75. The zero-order valence-electron chi connectivity index (χ0n) is 17.1. The van der Waals surface area contributed by atoms with Crippen molar-refractivity contribution in [1.82, 2.24) is 9.21 Å². The molecule has 1 N–H and O–H groups in total. The van der Waals surface area contributed by atoms with Gasteiger partial charge in [-0.2, -0.15) is 4.31 Å². The minimum Gasteiger partial charge on any atom is -0.479 e. The molecule has 2 heterocycles. The second-order valence-electron chi connectivity index (χ2n) is 7.57. The lowest BCUT2D eigenvalue weighted by Gasteiger charge is -2.34. The third kappa shape index (κ3) is 4.13. The van der Waals surface area contributed by atoms with Gasteiger partial charge >= 0.3 is 0 Å². The highest BCUT2D eigenvalue weighted by Crippen LogP contribution is 2.35. The van der Waals surface area contributed by atoms with Crippen LogP contribution in [0.1, 0.15) is 22.8 Å². The highest BCUT2D eigenvalue weighted by molar-refractivity contribution is 7.89. The number of rotatable bonds is 3. The lowest BCUT2D eigenvalue weighted by atomic mass is 10.1. The summed E-state index contributed by atoms with van der Waals surface area (Å²) in [6.45, 7) is 4.19. The molecular formula is C21H22ClN3O5S. The van der Waals surface area contributed by atoms with Crippen LogP contribution in [-0.2, 0) is 14.8 Å². The Morgan fingerprint density at radius 3 is 2.55 bits per heavy atom. The molecule has 2 aromatic rings. The van der Waals surface area contributed by atoms with E-state index < -0.39 is 16.1 Å². The van der Waals surface area contributed by atoms with Crippen molar-refractivity contribution in [1.29, 1.82) is 0 Å². The number of nitrogens with zero attached hydrogens (tertiary/aromatic N) is 2. The van der Waals surface area contributed by atoms with Crippen molar-refractivity contribution < 1.29 is 22.7 Å². The zero-order valence-corrected chi connectivity index (χ0v) is 18.7. The summed E-state index contributed by atoms with van der Waals surface area (Å²) < 4.78 is 33.5. The number of carbonyl (C=O) groups excluding carboxylic acids is 2. The number of carbonyl (C=O) groups is 2. The van der Waals surface area contributed by atoms with E-state index in [0.717, 1.165) is 0 Å². The van der Waals surface area contributed by atoms with Crippen LogP contribution in [0.15, 0.2) is 41.3 Å². The van der Waals surface area contributed by atoms with Crippen molar-refractivity contribution in [2.45, 2.75) is 24.8 Å². The van der Waals surface area contributed by atoms with Gasteiger partial charge in [0.05, 0.1) is 10.6 Å². The van der Waals surface area contributed by atoms with Gasteiger partial charge in [-0.3, -0.25) is 9.59 Å². The quantitative estimate of drug-likeness (QED) is 0.754. The maximum absolute atomic E-state index is 13.3. The zero-order chi connectivity index (χ0) is 22.3. The highest BCUT2D eigenvalue weighted by atomic mass is 35.5. The number of ether oxygens (including phenoxy) is 1. The van der Waals surface area contributed by atoms with Crippen LogP contribution in [-0.4, -0.2) is 61.7 Å². The second-order valence-corrected chi connectivity index (χ2v) is 9.91. The Kier molecular flexibility index (Phi) is 5.67. The van der Waals surface area contributed by atoms with Gasteiger partial charge in [0.25, 0.3) is 11.8 Å². The van der Waals surface area contributed by atoms with E-state index in [-0.39, 0.29) is 42.9 Å². The van der Waals surface area contributed by atoms with Crippen LogP contribution in [0.4, 0.5) is 5.69 Å². The molecule has 31 heavy (non-hydrogen) atoms. The third-order valence-electron chi connectivity index (χ3n) is 5.42. The first kappa shape index (κ1) is 21.6. The molecule has 0 radical (unpaired) electrons. The Morgan fingerprint density at radius 1 is 1.16 bits per heavy atom. The number of aryl methyl sites for hydroxylation is 1. The number of fused-ring (bicyclic) bond motifs is 1. The fourth-order valence-electron chi connectivity index (χ4n) is 3.70. The minimum atomic E-state index is -3.80. The molecule has 0 bridgehead atoms. The Morgan fingerprint density at radius 2 is 1.87 bits per heavy atom. The average molecular weight is 464 g/mol. The molecule has 0 saturated carbocycles. The van der Waals surface area contributed by atoms with Crippen molar-refractivity contribution >= 4 is 39.1 Å². The number of sulfonamides is 1. The molecule has 0 aliphatic carbocycles. The third-order valence-corrected chi connectivity index (χ3v) is 7.70. The summed E-state index contributed by atoms with van der Waals surface area (Å²) in [7, 11) is -3.80. The molecule has 2 amide bonds. The van der Waals surface area contributed by atoms with Crippen LogP contribution in [0.3, 0.4) is 0 Å². The molecule has 0 unspecified atom stereocenters. The Labute approximate surface area is 185 Å². The van der Waals surface area contributed by atoms with E-state index in [1.165, 1.54) is 10.4 Å². The molecule has 0 spiro atoms. The minimum absolute atomic E-state index is 0.129. The van der Waals surface area contributed by atoms with Gasteiger partial charge in [0.1, 0.15) is 5.75 Å². The van der Waals surface area contributed by atoms with Crippen LogP contribution < -0.4 is 10.1 Å². The van der Waals surface area contributed by atoms with Gasteiger partial charge in [-0.05, 0) is 43.7 Å². The number of benzene rings is 2. The van der Waals surface area contributed by atoms with Crippen LogP contribution >= 0.6 is 11.6 Å². The topological polar surface area (TPSA) is 96.0 Å². The van der Waals surface area contributed by atoms with E-state index in [4.69, 9.17) is 16.3 Å². The second kappa shape index (κ2) is 8.14. The first-order valence-electron chi connectivity index (χ1n) is 9.84. The Bertz CT molecular complexity index is 1160. The van der Waals surface area contributed by atoms with E-state index in [1.807, 2.05) is 0 Å². The standard InChI is InChI=1S/C21H22ClN3O5S/c1-13-10-17-18(30-14(2)20(26)23-17)12-19(13)31(28,29)25-8-6-24(7-9-25)21(27)15-4-3-5-16(22)11-15/h3-5,10-12,14H,6-9H2,1-2H3,(H,23,26)/t14-/m0/s1. The predicted molar refractivity (Wildman–Crippen MR) is 116 cm³/mol. The van der Waals surface area contributed by atoms with Crippen LogP contribution in [0.2, 0.25) is 5.02 Å². The molecule has 1 atom stereocenters. The van der Waals surface area contributed by atoms with Gasteiger partial charge in [-0.25, -0.2) is 8.42 Å². The lowest BCUT2D eigenvalue weighted by Crippen LogP contribution is -2.50. The number of nitrogens with one attached hydrogen (secondary N) is 1. The smallest absolute Gasteiger partial charge is 0.265 e. The molecule has 2 aromatic carbocycles. The molecule has 2 aliphatic rings. The number of hydrogen-bond donors (Lipinski definition) is 1. The Hall–Kier alpha value is -2.62. The summed E-state index contributed by atoms with van der Waals surface area (Å²) in [5, 5.41) is 3.20. The van der Waals surface area contributed by atoms with Crippen LogP contribution in [0.25, 0.3) is 0 Å². The van der Waals surface area contributed by atoms with Crippen molar-refractivity contribution in [2.75, 3.05) is 31.5 Å². The fraction of sp³-hybridized carbons (Fsp3) is 0.333. The number of piperazine rings is 1. The molecule has 1 fully saturated rings. The highest BCUT2D eigenvalue weighted by Gasteiger charge is 2.33. The van der Waals surface area contributed by atoms with E-state index in [0.29, 0.717) is 27.6 Å². The first-order chi connectivity index (χ1) is 14.7. The van der Waals surface area contributed by atoms with Gasteiger partial charge in [0, 0.05) is 42.8 Å². The first-order valence-corrected chi connectivity index (χ1v) is 11.7. The molecule has 8 nitrogen and oxygen atoms in total. The van der Waals surface area contributed by atoms with Crippen LogP contribution in [0.5, 0.6) is 5.75 Å². The predicted octanol–water partition coefficient (Wildman–Crippen LogP) is 2.51. The average Bonchev–Trinajstić information content (AvgIpc) is 2.74. The maximum Gasteiger partial charge on any atom is 0.265 e. The van der Waals surface area contributed by atoms with Crippen molar-refractivity contribution in [2.24, 2.45) is 0 Å². The summed E-state index contributed by atoms with van der Waals surface area (Å²) in [6.07, 6.45) is -0.702. The molecule has 10 heteroatoms. The lowest BCUT2D eigenvalue weighted by molar-refractivity contribution is -0.122. The number of anilines is 1. The largest absolute Gasteiger partial charge is 0.479 e. The molecule has 164 valence electrons. The van der Waals surface area contributed by atoms with E-state index >= 15 is 0 Å². The molecule has 0 aromatic heterocycles.